The van der Waals surface area contributed by atoms with Crippen LogP contribution in [0.15, 0.2) is 0 Å². The summed E-state index contributed by atoms with van der Waals surface area (Å²) in [5.41, 5.74) is -0.353. The molecule has 0 unspecified atom stereocenters. The Morgan fingerprint density at radius 2 is 2.00 bits per heavy atom. The first kappa shape index (κ1) is 9.44. The van der Waals surface area contributed by atoms with Gasteiger partial charge in [-0.05, 0) is 24.2 Å². The smallest absolute Gasteiger partial charge is 0.0882 e. The second kappa shape index (κ2) is 2.69. The van der Waals surface area contributed by atoms with Crippen LogP contribution in [-0.4, -0.2) is 34.1 Å². The van der Waals surface area contributed by atoms with Gasteiger partial charge in [-0.3, -0.25) is 0 Å². The van der Waals surface area contributed by atoms with Gasteiger partial charge in [-0.1, -0.05) is 13.8 Å². The van der Waals surface area contributed by atoms with E-state index in [1.165, 1.54) is 0 Å². The van der Waals surface area contributed by atoms with Crippen molar-refractivity contribution in [2.45, 2.75) is 32.5 Å². The molecule has 13 heavy (non-hydrogen) atoms. The number of hydrogen-bond acceptors (Lipinski definition) is 3. The van der Waals surface area contributed by atoms with Gasteiger partial charge in [-0.2, -0.15) is 0 Å². The van der Waals surface area contributed by atoms with E-state index < -0.39 is 12.2 Å². The maximum atomic E-state index is 9.77. The van der Waals surface area contributed by atoms with E-state index in [0.717, 1.165) is 6.42 Å². The molecule has 76 valence electrons. The molecule has 0 amide bonds. The first-order valence-corrected chi connectivity index (χ1v) is 5.01. The van der Waals surface area contributed by atoms with Gasteiger partial charge in [0.2, 0.25) is 0 Å². The molecule has 2 saturated carbocycles. The predicted octanol–water partition coefficient (Wildman–Crippen LogP) is -0.00740. The number of aliphatic hydroxyl groups excluding tert-OH is 3. The quantitative estimate of drug-likeness (QED) is 0.568. The van der Waals surface area contributed by atoms with Gasteiger partial charge in [0.05, 0.1) is 18.8 Å². The minimum Gasteiger partial charge on any atom is -0.396 e. The van der Waals surface area contributed by atoms with Gasteiger partial charge < -0.3 is 15.3 Å². The van der Waals surface area contributed by atoms with Crippen molar-refractivity contribution in [1.29, 1.82) is 0 Å². The van der Waals surface area contributed by atoms with Gasteiger partial charge in [-0.25, -0.2) is 0 Å². The van der Waals surface area contributed by atoms with Crippen molar-refractivity contribution in [2.24, 2.45) is 23.2 Å². The molecular formula is C10H18O3. The fourth-order valence-corrected chi connectivity index (χ4v) is 3.13. The molecule has 2 aliphatic carbocycles. The fourth-order valence-electron chi connectivity index (χ4n) is 3.13. The number of aliphatic hydroxyl groups is 3. The van der Waals surface area contributed by atoms with Crippen LogP contribution >= 0.6 is 0 Å². The van der Waals surface area contributed by atoms with Crippen molar-refractivity contribution < 1.29 is 15.3 Å². The van der Waals surface area contributed by atoms with Gasteiger partial charge >= 0.3 is 0 Å². The Morgan fingerprint density at radius 3 is 2.31 bits per heavy atom. The van der Waals surface area contributed by atoms with Gasteiger partial charge in [0.15, 0.2) is 0 Å². The Kier molecular flexibility index (Phi) is 1.95. The molecule has 2 aliphatic rings. The first-order valence-electron chi connectivity index (χ1n) is 5.01. The van der Waals surface area contributed by atoms with Gasteiger partial charge in [-0.15, -0.1) is 0 Å². The van der Waals surface area contributed by atoms with Crippen LogP contribution in [0.5, 0.6) is 0 Å². The van der Waals surface area contributed by atoms with Crippen molar-refractivity contribution in [3.8, 4) is 0 Å². The summed E-state index contributed by atoms with van der Waals surface area (Å²) in [6, 6.07) is 0. The Hall–Kier alpha value is -0.120. The Bertz CT molecular complexity index is 216. The van der Waals surface area contributed by atoms with E-state index in [-0.39, 0.29) is 17.9 Å². The summed E-state index contributed by atoms with van der Waals surface area (Å²) in [5.74, 6) is 0.884. The Balaban J connectivity index is 2.19. The van der Waals surface area contributed by atoms with Crippen molar-refractivity contribution in [1.82, 2.24) is 0 Å². The molecule has 3 nitrogen and oxygen atoms in total. The Morgan fingerprint density at radius 1 is 1.38 bits per heavy atom. The molecule has 0 saturated heterocycles. The van der Waals surface area contributed by atoms with Crippen molar-refractivity contribution in [3.05, 3.63) is 0 Å². The van der Waals surface area contributed by atoms with Crippen LogP contribution in [0.25, 0.3) is 0 Å². The molecule has 3 N–H and O–H groups in total. The molecule has 0 aromatic rings. The van der Waals surface area contributed by atoms with E-state index in [1.807, 2.05) is 0 Å². The second-order valence-electron chi connectivity index (χ2n) is 4.96. The minimum absolute atomic E-state index is 0.0130. The molecule has 3 heteroatoms. The summed E-state index contributed by atoms with van der Waals surface area (Å²) < 4.78 is 0. The van der Waals surface area contributed by atoms with E-state index >= 15 is 0 Å². The largest absolute Gasteiger partial charge is 0.396 e. The maximum Gasteiger partial charge on any atom is 0.0882 e. The van der Waals surface area contributed by atoms with Crippen LogP contribution in [0, 0.1) is 23.2 Å². The fraction of sp³-hybridized carbons (Fsp3) is 1.00. The third kappa shape index (κ3) is 1.01. The minimum atomic E-state index is -0.713. The molecular weight excluding hydrogens is 168 g/mol. The zero-order valence-corrected chi connectivity index (χ0v) is 8.14. The van der Waals surface area contributed by atoms with Crippen LogP contribution in [-0.2, 0) is 0 Å². The summed E-state index contributed by atoms with van der Waals surface area (Å²) in [7, 11) is 0. The molecule has 0 aromatic heterocycles. The van der Waals surface area contributed by atoms with Crippen LogP contribution in [0.4, 0.5) is 0 Å². The summed E-state index contributed by atoms with van der Waals surface area (Å²) in [6.07, 6.45) is -0.467. The normalized spacial score (nSPS) is 54.0. The van der Waals surface area contributed by atoms with E-state index in [4.69, 9.17) is 0 Å². The average Bonchev–Trinajstić information content (AvgIpc) is 2.74. The van der Waals surface area contributed by atoms with Gasteiger partial charge in [0.25, 0.3) is 0 Å². The monoisotopic (exact) mass is 186 g/mol. The SMILES string of the molecule is CC(C)[C@H]1[C@H](O)[C@H](O)[C@]2(CO)C[C@H]12. The number of fused-ring (bicyclic) bond motifs is 1. The van der Waals surface area contributed by atoms with Crippen LogP contribution in [0.2, 0.25) is 0 Å². The highest BCUT2D eigenvalue weighted by Gasteiger charge is 2.70. The lowest BCUT2D eigenvalue weighted by molar-refractivity contribution is -0.0389. The zero-order valence-electron chi connectivity index (χ0n) is 8.14. The number of rotatable bonds is 2. The highest BCUT2D eigenvalue weighted by Crippen LogP contribution is 2.67. The van der Waals surface area contributed by atoms with E-state index in [1.54, 1.807) is 0 Å². The van der Waals surface area contributed by atoms with E-state index in [0.29, 0.717) is 11.8 Å². The van der Waals surface area contributed by atoms with E-state index in [9.17, 15) is 15.3 Å². The van der Waals surface area contributed by atoms with Crippen molar-refractivity contribution in [2.75, 3.05) is 6.61 Å². The van der Waals surface area contributed by atoms with Crippen LogP contribution < -0.4 is 0 Å². The lowest BCUT2D eigenvalue weighted by Crippen LogP contribution is -2.36. The van der Waals surface area contributed by atoms with E-state index in [2.05, 4.69) is 13.8 Å². The van der Waals surface area contributed by atoms with Gasteiger partial charge in [0.1, 0.15) is 0 Å². The Labute approximate surface area is 78.4 Å². The molecule has 5 atom stereocenters. The van der Waals surface area contributed by atoms with Crippen LogP contribution in [0.1, 0.15) is 20.3 Å². The molecule has 2 rings (SSSR count). The predicted molar refractivity (Wildman–Crippen MR) is 48.0 cm³/mol. The molecule has 0 radical (unpaired) electrons. The third-order valence-electron chi connectivity index (χ3n) is 4.01. The summed E-state index contributed by atoms with van der Waals surface area (Å²) in [6.45, 7) is 4.14. The third-order valence-corrected chi connectivity index (χ3v) is 4.01. The summed E-state index contributed by atoms with van der Waals surface area (Å²) >= 11 is 0. The standard InChI is InChI=1S/C10H18O3/c1-5(2)7-6-3-10(6,4-11)9(13)8(7)12/h5-9,11-13H,3-4H2,1-2H3/t6-,7-,8+,9+,10+/m1/s1. The summed E-state index contributed by atoms with van der Waals surface area (Å²) in [4.78, 5) is 0. The highest BCUT2D eigenvalue weighted by atomic mass is 16.3. The second-order valence-corrected chi connectivity index (χ2v) is 4.96. The van der Waals surface area contributed by atoms with Crippen LogP contribution in [0.3, 0.4) is 0 Å². The zero-order chi connectivity index (χ0) is 9.80. The maximum absolute atomic E-state index is 9.77. The van der Waals surface area contributed by atoms with Crippen molar-refractivity contribution in [3.63, 3.8) is 0 Å². The van der Waals surface area contributed by atoms with Gasteiger partial charge in [0, 0.05) is 5.41 Å². The average molecular weight is 186 g/mol. The molecule has 2 fully saturated rings. The highest BCUT2D eigenvalue weighted by molar-refractivity contribution is 5.18. The summed E-state index contributed by atoms with van der Waals surface area (Å²) in [5, 5.41) is 28.7. The molecule has 0 aromatic carbocycles. The molecule has 0 aliphatic heterocycles. The lowest BCUT2D eigenvalue weighted by Gasteiger charge is -2.24. The number of hydrogen-bond donors (Lipinski definition) is 3. The molecule has 0 spiro atoms. The van der Waals surface area contributed by atoms with Crippen molar-refractivity contribution >= 4 is 0 Å². The molecule has 0 heterocycles. The topological polar surface area (TPSA) is 60.7 Å². The molecule has 0 bridgehead atoms. The lowest BCUT2D eigenvalue weighted by atomic mass is 9.88. The first-order chi connectivity index (χ1) is 6.04.